The number of carboxylic acid groups (broad SMARTS) is 3. The molecule has 1 aromatic rings. The highest BCUT2D eigenvalue weighted by atomic mass is 32.1. The van der Waals surface area contributed by atoms with Crippen molar-refractivity contribution in [2.45, 2.75) is 50.2 Å². The Morgan fingerprint density at radius 1 is 1.18 bits per heavy atom. The molecule has 0 spiro atoms. The summed E-state index contributed by atoms with van der Waals surface area (Å²) in [5.74, 6) is -2.62. The molecule has 1 aliphatic rings. The largest absolute Gasteiger partial charge is 0.480 e. The van der Waals surface area contributed by atoms with Gasteiger partial charge in [-0.25, -0.2) is 0 Å². The monoisotopic (exact) mass is 418 g/mol. The van der Waals surface area contributed by atoms with Crippen LogP contribution in [-0.2, 0) is 20.8 Å². The van der Waals surface area contributed by atoms with Gasteiger partial charge in [0.1, 0.15) is 18.1 Å². The molecule has 1 saturated heterocycles. The molecule has 2 rings (SSSR count). The van der Waals surface area contributed by atoms with Gasteiger partial charge >= 0.3 is 17.9 Å². The van der Waals surface area contributed by atoms with Crippen LogP contribution in [0.1, 0.15) is 31.2 Å². The molecule has 1 fully saturated rings. The number of hydrogen-bond acceptors (Lipinski definition) is 8. The Morgan fingerprint density at radius 3 is 2.18 bits per heavy atom. The van der Waals surface area contributed by atoms with Gasteiger partial charge in [0.15, 0.2) is 0 Å². The van der Waals surface area contributed by atoms with Gasteiger partial charge in [-0.05, 0) is 67.6 Å². The molecular weight excluding hydrogens is 388 g/mol. The second-order valence-electron chi connectivity index (χ2n) is 6.14. The molecule has 10 nitrogen and oxygen atoms in total. The fraction of sp³-hybridized carbons (Fsp3) is 0.588. The van der Waals surface area contributed by atoms with Crippen molar-refractivity contribution in [3.8, 4) is 0 Å². The van der Waals surface area contributed by atoms with Gasteiger partial charge in [-0.1, -0.05) is 0 Å². The van der Waals surface area contributed by atoms with E-state index in [0.717, 1.165) is 24.9 Å². The summed E-state index contributed by atoms with van der Waals surface area (Å²) < 4.78 is 0. The third-order valence-electron chi connectivity index (χ3n) is 3.75. The van der Waals surface area contributed by atoms with Crippen LogP contribution in [0.5, 0.6) is 0 Å². The molecule has 28 heavy (non-hydrogen) atoms. The zero-order valence-electron chi connectivity index (χ0n) is 15.6. The lowest BCUT2D eigenvalue weighted by Crippen LogP contribution is -2.31. The molecular formula is C17H30N4O6S. The van der Waals surface area contributed by atoms with Crippen LogP contribution in [0, 0.1) is 0 Å². The van der Waals surface area contributed by atoms with Gasteiger partial charge in [-0.15, -0.1) is 0 Å². The summed E-state index contributed by atoms with van der Waals surface area (Å²) in [7, 11) is 0. The molecule has 0 radical (unpaired) electrons. The van der Waals surface area contributed by atoms with E-state index in [0.29, 0.717) is 25.8 Å². The third-order valence-corrected chi connectivity index (χ3v) is 4.48. The minimum Gasteiger partial charge on any atom is -0.480 e. The fourth-order valence-electron chi connectivity index (χ4n) is 2.11. The highest BCUT2D eigenvalue weighted by molar-refractivity contribution is 7.07. The molecule has 10 N–H and O–H groups in total. The topological polar surface area (TPSA) is 202 Å². The van der Waals surface area contributed by atoms with Crippen LogP contribution in [0.3, 0.4) is 0 Å². The quantitative estimate of drug-likeness (QED) is 0.293. The van der Waals surface area contributed by atoms with E-state index in [1.807, 2.05) is 16.8 Å². The maximum atomic E-state index is 10.3. The Bertz CT molecular complexity index is 578. The van der Waals surface area contributed by atoms with Crippen molar-refractivity contribution in [1.82, 2.24) is 5.32 Å². The second kappa shape index (κ2) is 14.9. The normalized spacial score (nSPS) is 17.3. The van der Waals surface area contributed by atoms with E-state index >= 15 is 0 Å². The molecule has 0 amide bonds. The minimum atomic E-state index is -0.955. The van der Waals surface area contributed by atoms with Crippen LogP contribution in [0.4, 0.5) is 0 Å². The zero-order chi connectivity index (χ0) is 21.5. The predicted molar refractivity (Wildman–Crippen MR) is 106 cm³/mol. The molecule has 0 unspecified atom stereocenters. The molecule has 1 aliphatic heterocycles. The highest BCUT2D eigenvalue weighted by Crippen LogP contribution is 2.07. The van der Waals surface area contributed by atoms with Gasteiger partial charge in [0.2, 0.25) is 0 Å². The Labute approximate surface area is 167 Å². The van der Waals surface area contributed by atoms with Crippen molar-refractivity contribution < 1.29 is 29.7 Å². The zero-order valence-corrected chi connectivity index (χ0v) is 16.4. The Morgan fingerprint density at radius 2 is 1.82 bits per heavy atom. The molecule has 3 atom stereocenters. The van der Waals surface area contributed by atoms with Crippen molar-refractivity contribution in [2.75, 3.05) is 13.1 Å². The Hall–Kier alpha value is -2.05. The van der Waals surface area contributed by atoms with Gasteiger partial charge in [-0.3, -0.25) is 14.4 Å². The molecule has 1 aromatic heterocycles. The van der Waals surface area contributed by atoms with Crippen molar-refractivity contribution in [3.63, 3.8) is 0 Å². The number of carboxylic acids is 3. The lowest BCUT2D eigenvalue weighted by Gasteiger charge is -2.02. The van der Waals surface area contributed by atoms with Crippen LogP contribution in [0.15, 0.2) is 16.8 Å². The van der Waals surface area contributed by atoms with E-state index in [2.05, 4.69) is 5.32 Å². The van der Waals surface area contributed by atoms with Crippen LogP contribution < -0.4 is 22.5 Å². The van der Waals surface area contributed by atoms with Crippen LogP contribution in [0.25, 0.3) is 0 Å². The fourth-order valence-corrected chi connectivity index (χ4v) is 2.79. The van der Waals surface area contributed by atoms with Gasteiger partial charge < -0.3 is 37.8 Å². The first-order chi connectivity index (χ1) is 13.2. The van der Waals surface area contributed by atoms with Gasteiger partial charge in [0, 0.05) is 0 Å². The molecule has 0 bridgehead atoms. The number of aliphatic carboxylic acids is 3. The summed E-state index contributed by atoms with van der Waals surface area (Å²) in [4.78, 5) is 30.5. The van der Waals surface area contributed by atoms with Crippen LogP contribution in [-0.4, -0.2) is 64.4 Å². The van der Waals surface area contributed by atoms with Gasteiger partial charge in [0.25, 0.3) is 0 Å². The van der Waals surface area contributed by atoms with Gasteiger partial charge in [0.05, 0.1) is 0 Å². The first kappa shape index (κ1) is 26.0. The van der Waals surface area contributed by atoms with E-state index in [4.69, 9.17) is 32.5 Å². The first-order valence-corrected chi connectivity index (χ1v) is 9.77. The predicted octanol–water partition coefficient (Wildman–Crippen LogP) is -0.337. The summed E-state index contributed by atoms with van der Waals surface area (Å²) >= 11 is 1.54. The molecule has 11 heteroatoms. The summed E-state index contributed by atoms with van der Waals surface area (Å²) in [6.07, 6.45) is 3.34. The van der Waals surface area contributed by atoms with Crippen LogP contribution in [0.2, 0.25) is 0 Å². The van der Waals surface area contributed by atoms with Crippen molar-refractivity contribution >= 4 is 29.2 Å². The van der Waals surface area contributed by atoms with E-state index < -0.39 is 30.0 Å². The number of hydrogen-bond donors (Lipinski definition) is 7. The average Bonchev–Trinajstić information content (AvgIpc) is 3.34. The molecule has 0 aromatic carbocycles. The Balaban J connectivity index is 0.000000396. The second-order valence-corrected chi connectivity index (χ2v) is 6.92. The van der Waals surface area contributed by atoms with E-state index in [9.17, 15) is 14.4 Å². The molecule has 0 aliphatic carbocycles. The third kappa shape index (κ3) is 12.4. The summed E-state index contributed by atoms with van der Waals surface area (Å²) in [6, 6.07) is 0.0983. The lowest BCUT2D eigenvalue weighted by atomic mass is 10.1. The number of nitrogens with two attached hydrogens (primary N) is 3. The standard InChI is InChI=1S/C7H9NO2S.C5H12N2O2.C5H9NO2/c8-6(7(9)10)3-5-1-2-11-4-5;6-3-1-2-4(7)5(8)9;7-5(8)4-2-1-3-6-4/h1-2,4,6H,3,8H2,(H,9,10);4H,1-3,6-7H2,(H,8,9);4,6H,1-3H2,(H,7,8)/t6-;2*4-/m000/s1. The number of nitrogens with one attached hydrogen (secondary N) is 1. The van der Waals surface area contributed by atoms with Crippen LogP contribution >= 0.6 is 11.3 Å². The SMILES string of the molecule is NCCC[C@H](N)C(=O)O.N[C@@H](Cc1ccsc1)C(=O)O.O=C(O)[C@@H]1CCCN1. The molecule has 0 saturated carbocycles. The number of thiophene rings is 1. The van der Waals surface area contributed by atoms with Crippen molar-refractivity contribution in [3.05, 3.63) is 22.4 Å². The van der Waals surface area contributed by atoms with E-state index in [1.165, 1.54) is 0 Å². The molecule has 160 valence electrons. The minimum absolute atomic E-state index is 0.269. The summed E-state index contributed by atoms with van der Waals surface area (Å²) in [5.41, 5.74) is 16.6. The maximum Gasteiger partial charge on any atom is 0.320 e. The number of carbonyl (C=O) groups is 3. The summed E-state index contributed by atoms with van der Waals surface area (Å²) in [6.45, 7) is 1.36. The Kier molecular flexibility index (Phi) is 13.8. The maximum absolute atomic E-state index is 10.3. The van der Waals surface area contributed by atoms with E-state index in [1.54, 1.807) is 11.3 Å². The smallest absolute Gasteiger partial charge is 0.320 e. The summed E-state index contributed by atoms with van der Waals surface area (Å²) in [5, 5.41) is 31.7. The lowest BCUT2D eigenvalue weighted by molar-refractivity contribution is -0.139. The highest BCUT2D eigenvalue weighted by Gasteiger charge is 2.20. The average molecular weight is 419 g/mol. The number of rotatable bonds is 8. The van der Waals surface area contributed by atoms with Crippen molar-refractivity contribution in [1.29, 1.82) is 0 Å². The molecule has 2 heterocycles. The first-order valence-electron chi connectivity index (χ1n) is 8.83. The van der Waals surface area contributed by atoms with E-state index in [-0.39, 0.29) is 6.04 Å². The van der Waals surface area contributed by atoms with Gasteiger partial charge in [-0.2, -0.15) is 11.3 Å². The van der Waals surface area contributed by atoms with Crippen molar-refractivity contribution in [2.24, 2.45) is 17.2 Å².